The maximum Gasteiger partial charge on any atom is 0.225 e. The molecule has 0 spiro atoms. The average molecular weight is 273 g/mol. The first-order valence-electron chi connectivity index (χ1n) is 4.21. The van der Waals surface area contributed by atoms with Crippen LogP contribution in [-0.2, 0) is 6.42 Å². The number of hydrogen-bond acceptors (Lipinski definition) is 4. The minimum absolute atomic E-state index is 0.417. The molecular weight excluding hydrogens is 264 g/mol. The summed E-state index contributed by atoms with van der Waals surface area (Å²) < 4.78 is 6.03. The van der Waals surface area contributed by atoms with Gasteiger partial charge in [0.2, 0.25) is 5.88 Å². The van der Waals surface area contributed by atoms with E-state index in [4.69, 9.17) is 10.3 Å². The summed E-state index contributed by atoms with van der Waals surface area (Å²) in [6, 6.07) is 2.01. The molecule has 0 aliphatic rings. The molecule has 0 aliphatic heterocycles. The Morgan fingerprint density at radius 3 is 3.00 bits per heavy atom. The molecule has 0 unspecified atom stereocenters. The molecule has 5 heteroatoms. The topological polar surface area (TPSA) is 52.0 Å². The molecule has 0 amide bonds. The zero-order chi connectivity index (χ0) is 10.1. The van der Waals surface area contributed by atoms with E-state index in [9.17, 15) is 0 Å². The number of anilines is 1. The Labute approximate surface area is 94.0 Å². The number of nitrogens with two attached hydrogens (primary N) is 1. The van der Waals surface area contributed by atoms with Crippen LogP contribution in [0.3, 0.4) is 0 Å². The van der Waals surface area contributed by atoms with Crippen LogP contribution in [0.25, 0.3) is 11.3 Å². The van der Waals surface area contributed by atoms with Gasteiger partial charge in [-0.2, -0.15) is 0 Å². The minimum Gasteiger partial charge on any atom is -0.367 e. The van der Waals surface area contributed by atoms with Gasteiger partial charge in [0.25, 0.3) is 0 Å². The number of thiophene rings is 1. The Morgan fingerprint density at radius 2 is 2.43 bits per heavy atom. The van der Waals surface area contributed by atoms with Crippen LogP contribution >= 0.6 is 27.3 Å². The number of rotatable bonds is 2. The summed E-state index contributed by atoms with van der Waals surface area (Å²) in [5.74, 6) is 0.417. The van der Waals surface area contributed by atoms with Crippen LogP contribution in [0.15, 0.2) is 19.8 Å². The Bertz CT molecular complexity index is 449. The minimum atomic E-state index is 0.417. The van der Waals surface area contributed by atoms with Crippen molar-refractivity contribution in [3.8, 4) is 11.3 Å². The molecule has 0 fully saturated rings. The second-order valence-electron chi connectivity index (χ2n) is 2.84. The van der Waals surface area contributed by atoms with Crippen LogP contribution in [0.2, 0.25) is 0 Å². The Morgan fingerprint density at radius 1 is 1.64 bits per heavy atom. The quantitative estimate of drug-likeness (QED) is 0.913. The van der Waals surface area contributed by atoms with Gasteiger partial charge in [-0.3, -0.25) is 0 Å². The molecular formula is C9H9BrN2OS. The van der Waals surface area contributed by atoms with E-state index < -0.39 is 0 Å². The predicted molar refractivity (Wildman–Crippen MR) is 61.3 cm³/mol. The highest BCUT2D eigenvalue weighted by Crippen LogP contribution is 2.35. The lowest BCUT2D eigenvalue weighted by Gasteiger charge is -1.96. The highest BCUT2D eigenvalue weighted by molar-refractivity contribution is 9.11. The van der Waals surface area contributed by atoms with Crippen molar-refractivity contribution in [1.82, 2.24) is 5.16 Å². The highest BCUT2D eigenvalue weighted by atomic mass is 79.9. The maximum absolute atomic E-state index is 5.67. The molecule has 0 saturated carbocycles. The molecule has 14 heavy (non-hydrogen) atoms. The number of hydrogen-bond donors (Lipinski definition) is 1. The molecule has 2 heterocycles. The first-order valence-corrected chi connectivity index (χ1v) is 5.88. The number of nitrogen functional groups attached to an aromatic ring is 1. The lowest BCUT2D eigenvalue weighted by atomic mass is 10.1. The van der Waals surface area contributed by atoms with E-state index in [0.29, 0.717) is 5.88 Å². The zero-order valence-corrected chi connectivity index (χ0v) is 9.98. The van der Waals surface area contributed by atoms with Crippen LogP contribution < -0.4 is 5.73 Å². The Balaban J connectivity index is 2.57. The van der Waals surface area contributed by atoms with E-state index in [1.54, 1.807) is 11.3 Å². The SMILES string of the molecule is CCc1c(-c2ccsc2Br)noc1N. The molecule has 74 valence electrons. The summed E-state index contributed by atoms with van der Waals surface area (Å²) in [6.07, 6.45) is 0.826. The fourth-order valence-corrected chi connectivity index (χ4v) is 2.60. The van der Waals surface area contributed by atoms with Gasteiger partial charge in [-0.05, 0) is 33.8 Å². The van der Waals surface area contributed by atoms with Crippen LogP contribution in [-0.4, -0.2) is 5.16 Å². The van der Waals surface area contributed by atoms with E-state index >= 15 is 0 Å². The van der Waals surface area contributed by atoms with Crippen molar-refractivity contribution in [2.45, 2.75) is 13.3 Å². The smallest absolute Gasteiger partial charge is 0.225 e. The van der Waals surface area contributed by atoms with Crippen LogP contribution in [0.1, 0.15) is 12.5 Å². The van der Waals surface area contributed by atoms with Crippen molar-refractivity contribution < 1.29 is 4.52 Å². The molecule has 0 saturated heterocycles. The van der Waals surface area contributed by atoms with Gasteiger partial charge in [0.15, 0.2) is 0 Å². The Kier molecular flexibility index (Phi) is 2.60. The molecule has 2 rings (SSSR count). The summed E-state index contributed by atoms with van der Waals surface area (Å²) in [7, 11) is 0. The van der Waals surface area contributed by atoms with Gasteiger partial charge in [-0.25, -0.2) is 0 Å². The van der Waals surface area contributed by atoms with Crippen LogP contribution in [0, 0.1) is 0 Å². The van der Waals surface area contributed by atoms with Gasteiger partial charge >= 0.3 is 0 Å². The third kappa shape index (κ3) is 1.46. The second kappa shape index (κ2) is 3.74. The zero-order valence-electron chi connectivity index (χ0n) is 7.58. The van der Waals surface area contributed by atoms with E-state index in [-0.39, 0.29) is 0 Å². The lowest BCUT2D eigenvalue weighted by Crippen LogP contribution is -1.89. The highest BCUT2D eigenvalue weighted by Gasteiger charge is 2.16. The van der Waals surface area contributed by atoms with Crippen LogP contribution in [0.4, 0.5) is 5.88 Å². The van der Waals surface area contributed by atoms with Gasteiger partial charge in [0.1, 0.15) is 5.69 Å². The third-order valence-electron chi connectivity index (χ3n) is 2.05. The van der Waals surface area contributed by atoms with Gasteiger partial charge in [0.05, 0.1) is 3.79 Å². The van der Waals surface area contributed by atoms with E-state index in [1.165, 1.54) is 0 Å². The summed E-state index contributed by atoms with van der Waals surface area (Å²) in [4.78, 5) is 0. The standard InChI is InChI=1S/C9H9BrN2OS/c1-2-5-7(12-13-9(5)11)6-3-4-14-8(6)10/h3-4H,2,11H2,1H3. The molecule has 0 radical (unpaired) electrons. The Hall–Kier alpha value is -0.810. The summed E-state index contributed by atoms with van der Waals surface area (Å²) >= 11 is 5.09. The molecule has 2 N–H and O–H groups in total. The molecule has 0 aromatic carbocycles. The van der Waals surface area contributed by atoms with Gasteiger partial charge < -0.3 is 10.3 Å². The first-order chi connectivity index (χ1) is 6.74. The predicted octanol–water partition coefficient (Wildman–Crippen LogP) is 3.31. The van der Waals surface area contributed by atoms with E-state index in [1.807, 2.05) is 18.4 Å². The third-order valence-corrected chi connectivity index (χ3v) is 3.73. The average Bonchev–Trinajstić information content (AvgIpc) is 2.71. The van der Waals surface area contributed by atoms with Gasteiger partial charge in [-0.1, -0.05) is 12.1 Å². The van der Waals surface area contributed by atoms with Crippen molar-refractivity contribution in [3.05, 3.63) is 20.8 Å². The molecule has 0 bridgehead atoms. The summed E-state index contributed by atoms with van der Waals surface area (Å²) in [5, 5.41) is 5.97. The van der Waals surface area contributed by atoms with Gasteiger partial charge in [0, 0.05) is 11.1 Å². The first kappa shape index (κ1) is 9.73. The van der Waals surface area contributed by atoms with E-state index in [2.05, 4.69) is 21.1 Å². The number of aromatic nitrogens is 1. The van der Waals surface area contributed by atoms with Gasteiger partial charge in [-0.15, -0.1) is 11.3 Å². The summed E-state index contributed by atoms with van der Waals surface area (Å²) in [6.45, 7) is 2.03. The fraction of sp³-hybridized carbons (Fsp3) is 0.222. The normalized spacial score (nSPS) is 10.7. The molecule has 2 aromatic heterocycles. The molecule has 3 nitrogen and oxygen atoms in total. The number of halogens is 1. The largest absolute Gasteiger partial charge is 0.367 e. The summed E-state index contributed by atoms with van der Waals surface area (Å²) in [5.41, 5.74) is 8.54. The molecule has 2 aromatic rings. The van der Waals surface area contributed by atoms with Crippen molar-refractivity contribution in [1.29, 1.82) is 0 Å². The second-order valence-corrected chi connectivity index (χ2v) is 5.07. The fourth-order valence-electron chi connectivity index (χ4n) is 1.34. The number of nitrogens with zero attached hydrogens (tertiary/aromatic N) is 1. The van der Waals surface area contributed by atoms with E-state index in [0.717, 1.165) is 27.0 Å². The molecule has 0 aliphatic carbocycles. The molecule has 0 atom stereocenters. The van der Waals surface area contributed by atoms with Crippen molar-refractivity contribution >= 4 is 33.2 Å². The van der Waals surface area contributed by atoms with Crippen LogP contribution in [0.5, 0.6) is 0 Å². The maximum atomic E-state index is 5.67. The van der Waals surface area contributed by atoms with Crippen molar-refractivity contribution in [2.24, 2.45) is 0 Å². The lowest BCUT2D eigenvalue weighted by molar-refractivity contribution is 0.438. The van der Waals surface area contributed by atoms with Crippen molar-refractivity contribution in [2.75, 3.05) is 5.73 Å². The monoisotopic (exact) mass is 272 g/mol. The van der Waals surface area contributed by atoms with Crippen molar-refractivity contribution in [3.63, 3.8) is 0 Å².